The highest BCUT2D eigenvalue weighted by atomic mass is 16.2. The van der Waals surface area contributed by atoms with Gasteiger partial charge in [0.15, 0.2) is 5.78 Å². The Hall–Kier alpha value is -3.01. The Balaban J connectivity index is 1.83. The minimum atomic E-state index is -1.01. The molecule has 30 heavy (non-hydrogen) atoms. The molecule has 0 aromatic heterocycles. The molecule has 2 bridgehead atoms. The number of allylic oxidation sites excluding steroid dienone is 2. The van der Waals surface area contributed by atoms with Crippen LogP contribution < -0.4 is 0 Å². The van der Waals surface area contributed by atoms with E-state index in [1.54, 1.807) is 0 Å². The van der Waals surface area contributed by atoms with Crippen molar-refractivity contribution in [3.8, 4) is 0 Å². The van der Waals surface area contributed by atoms with Crippen molar-refractivity contribution in [2.24, 2.45) is 22.7 Å². The minimum Gasteiger partial charge on any atom is -0.298 e. The maximum atomic E-state index is 14.0. The summed E-state index contributed by atoms with van der Waals surface area (Å²) in [6.07, 6.45) is 0.711. The molecule has 3 aliphatic rings. The fourth-order valence-electron chi connectivity index (χ4n) is 6.31. The van der Waals surface area contributed by atoms with E-state index in [2.05, 4.69) is 0 Å². The van der Waals surface area contributed by atoms with Crippen LogP contribution in [0.25, 0.3) is 11.1 Å². The molecule has 2 fully saturated rings. The van der Waals surface area contributed by atoms with Crippen LogP contribution in [0.5, 0.6) is 0 Å². The average molecular weight is 399 g/mol. The molecule has 4 unspecified atom stereocenters. The Morgan fingerprint density at radius 1 is 0.733 bits per heavy atom. The summed E-state index contributed by atoms with van der Waals surface area (Å²) in [6.45, 7) is 6.14. The largest absolute Gasteiger partial charge is 0.298 e. The normalized spacial score (nSPS) is 32.4. The van der Waals surface area contributed by atoms with Gasteiger partial charge >= 0.3 is 0 Å². The number of fused-ring (bicyclic) bond motifs is 5. The van der Waals surface area contributed by atoms with Gasteiger partial charge in [-0.1, -0.05) is 67.6 Å². The second kappa shape index (κ2) is 6.24. The van der Waals surface area contributed by atoms with Gasteiger partial charge in [0.05, 0.1) is 22.7 Å². The molecule has 2 aromatic carbocycles. The molecule has 1 saturated carbocycles. The number of amides is 2. The molecule has 0 radical (unpaired) electrons. The lowest BCUT2D eigenvalue weighted by Crippen LogP contribution is -2.40. The fourth-order valence-corrected chi connectivity index (χ4v) is 6.31. The average Bonchev–Trinajstić information content (AvgIpc) is 3.20. The zero-order valence-corrected chi connectivity index (χ0v) is 17.5. The third kappa shape index (κ3) is 2.04. The highest BCUT2D eigenvalue weighted by Gasteiger charge is 2.78. The highest BCUT2D eigenvalue weighted by Crippen LogP contribution is 2.73. The molecule has 4 heteroatoms. The van der Waals surface area contributed by atoms with E-state index in [0.29, 0.717) is 13.0 Å². The third-order valence-electron chi connectivity index (χ3n) is 7.45. The summed E-state index contributed by atoms with van der Waals surface area (Å²) in [5.74, 6) is -1.63. The number of imide groups is 1. The first-order chi connectivity index (χ1) is 14.4. The van der Waals surface area contributed by atoms with Crippen LogP contribution in [0.4, 0.5) is 0 Å². The van der Waals surface area contributed by atoms with Crippen molar-refractivity contribution in [2.75, 3.05) is 6.54 Å². The molecular weight excluding hydrogens is 374 g/mol. The van der Waals surface area contributed by atoms with Gasteiger partial charge in [-0.15, -0.1) is 0 Å². The molecular formula is C26H25NO3. The maximum absolute atomic E-state index is 14.0. The summed E-state index contributed by atoms with van der Waals surface area (Å²) in [4.78, 5) is 42.2. The number of carbonyl (C=O) groups excluding carboxylic acids is 3. The van der Waals surface area contributed by atoms with E-state index >= 15 is 0 Å². The smallest absolute Gasteiger partial charge is 0.234 e. The summed E-state index contributed by atoms with van der Waals surface area (Å²) in [6, 6.07) is 19.7. The zero-order chi connectivity index (χ0) is 21.3. The van der Waals surface area contributed by atoms with Gasteiger partial charge in [-0.05, 0) is 42.5 Å². The van der Waals surface area contributed by atoms with Crippen molar-refractivity contribution >= 4 is 28.7 Å². The number of carbonyl (C=O) groups is 3. The van der Waals surface area contributed by atoms with E-state index in [-0.39, 0.29) is 17.6 Å². The number of rotatable bonds is 4. The van der Waals surface area contributed by atoms with Crippen molar-refractivity contribution in [1.29, 1.82) is 0 Å². The SMILES string of the molecule is CCCN1C(=O)C2C(C1=O)C1(C)C(=O)C2(C)C(c2ccccc2)=C1c1ccccc1. The molecule has 2 amide bonds. The Bertz CT molecular complexity index is 1020. The topological polar surface area (TPSA) is 54.5 Å². The number of benzene rings is 2. The standard InChI is InChI=1S/C26H25NO3/c1-4-15-27-22(28)20-21(23(27)29)26(3)19(17-13-9-6-10-14-17)18(25(20,2)24(26)30)16-11-7-5-8-12-16/h5-14,20-21H,4,15H2,1-3H3. The lowest BCUT2D eigenvalue weighted by Gasteiger charge is -2.35. The van der Waals surface area contributed by atoms with Gasteiger partial charge in [0, 0.05) is 6.54 Å². The summed E-state index contributed by atoms with van der Waals surface area (Å²) >= 11 is 0. The Kier molecular flexibility index (Phi) is 3.95. The molecule has 4 nitrogen and oxygen atoms in total. The minimum absolute atomic E-state index is 0.000514. The quantitative estimate of drug-likeness (QED) is 0.724. The van der Waals surface area contributed by atoms with E-state index in [4.69, 9.17) is 0 Å². The van der Waals surface area contributed by atoms with Crippen molar-refractivity contribution in [1.82, 2.24) is 4.90 Å². The maximum Gasteiger partial charge on any atom is 0.234 e. The monoisotopic (exact) mass is 399 g/mol. The van der Waals surface area contributed by atoms with Crippen LogP contribution in [0.2, 0.25) is 0 Å². The van der Waals surface area contributed by atoms with Crippen molar-refractivity contribution < 1.29 is 14.4 Å². The first kappa shape index (κ1) is 19.0. The zero-order valence-electron chi connectivity index (χ0n) is 17.5. The predicted molar refractivity (Wildman–Crippen MR) is 115 cm³/mol. The Morgan fingerprint density at radius 3 is 1.50 bits per heavy atom. The van der Waals surface area contributed by atoms with Crippen LogP contribution >= 0.6 is 0 Å². The van der Waals surface area contributed by atoms with Gasteiger partial charge in [-0.25, -0.2) is 0 Å². The lowest BCUT2D eigenvalue weighted by atomic mass is 9.63. The molecule has 4 atom stereocenters. The summed E-state index contributed by atoms with van der Waals surface area (Å²) in [5.41, 5.74) is 1.68. The van der Waals surface area contributed by atoms with Crippen LogP contribution in [-0.2, 0) is 14.4 Å². The number of Topliss-reactive ketones (excluding diaryl/α,β-unsaturated/α-hetero) is 1. The lowest BCUT2D eigenvalue weighted by molar-refractivity contribution is -0.144. The molecule has 2 aromatic rings. The number of hydrogen-bond acceptors (Lipinski definition) is 3. The van der Waals surface area contributed by atoms with Gasteiger partial charge in [0.25, 0.3) is 0 Å². The molecule has 1 saturated heterocycles. The molecule has 5 rings (SSSR count). The number of ketones is 1. The van der Waals surface area contributed by atoms with E-state index in [9.17, 15) is 14.4 Å². The van der Waals surface area contributed by atoms with Gasteiger partial charge in [-0.2, -0.15) is 0 Å². The van der Waals surface area contributed by atoms with E-state index in [1.165, 1.54) is 4.90 Å². The number of hydrogen-bond donors (Lipinski definition) is 0. The highest BCUT2D eigenvalue weighted by molar-refractivity contribution is 6.29. The first-order valence-corrected chi connectivity index (χ1v) is 10.6. The van der Waals surface area contributed by atoms with E-state index in [0.717, 1.165) is 22.3 Å². The molecule has 1 aliphatic heterocycles. The molecule has 0 N–H and O–H groups in total. The number of likely N-dealkylation sites (tertiary alicyclic amines) is 1. The summed E-state index contributed by atoms with van der Waals surface area (Å²) < 4.78 is 0. The van der Waals surface area contributed by atoms with Crippen LogP contribution in [0.1, 0.15) is 38.3 Å². The summed E-state index contributed by atoms with van der Waals surface area (Å²) in [7, 11) is 0. The molecule has 152 valence electrons. The Labute approximate surface area is 176 Å². The van der Waals surface area contributed by atoms with Crippen molar-refractivity contribution in [3.05, 3.63) is 71.8 Å². The van der Waals surface area contributed by atoms with E-state index < -0.39 is 22.7 Å². The van der Waals surface area contributed by atoms with Crippen LogP contribution in [-0.4, -0.2) is 29.0 Å². The van der Waals surface area contributed by atoms with Crippen molar-refractivity contribution in [3.63, 3.8) is 0 Å². The van der Waals surface area contributed by atoms with Gasteiger partial charge < -0.3 is 0 Å². The van der Waals surface area contributed by atoms with Crippen LogP contribution in [0, 0.1) is 22.7 Å². The fraction of sp³-hybridized carbons (Fsp3) is 0.346. The predicted octanol–water partition coefficient (Wildman–Crippen LogP) is 4.22. The van der Waals surface area contributed by atoms with Gasteiger partial charge in [0.2, 0.25) is 11.8 Å². The van der Waals surface area contributed by atoms with E-state index in [1.807, 2.05) is 81.4 Å². The molecule has 2 aliphatic carbocycles. The van der Waals surface area contributed by atoms with Gasteiger partial charge in [0.1, 0.15) is 0 Å². The van der Waals surface area contributed by atoms with Gasteiger partial charge in [-0.3, -0.25) is 19.3 Å². The first-order valence-electron chi connectivity index (χ1n) is 10.6. The second-order valence-corrected chi connectivity index (χ2v) is 9.00. The molecule has 1 heterocycles. The second-order valence-electron chi connectivity index (χ2n) is 9.00. The number of nitrogens with zero attached hydrogens (tertiary/aromatic N) is 1. The molecule has 0 spiro atoms. The van der Waals surface area contributed by atoms with Crippen molar-refractivity contribution in [2.45, 2.75) is 27.2 Å². The third-order valence-corrected chi connectivity index (χ3v) is 7.45. The summed E-state index contributed by atoms with van der Waals surface area (Å²) in [5, 5.41) is 0. The Morgan fingerprint density at radius 2 is 1.13 bits per heavy atom. The van der Waals surface area contributed by atoms with Crippen LogP contribution in [0.15, 0.2) is 60.7 Å². The van der Waals surface area contributed by atoms with Crippen LogP contribution in [0.3, 0.4) is 0 Å².